The zero-order valence-corrected chi connectivity index (χ0v) is 26.4. The van der Waals surface area contributed by atoms with Crippen molar-refractivity contribution < 1.29 is 38.5 Å². The number of aliphatic carboxylic acids is 1. The van der Waals surface area contributed by atoms with Crippen LogP contribution >= 0.6 is 0 Å². The number of hydrogen-bond donors (Lipinski definition) is 4. The van der Waals surface area contributed by atoms with Gasteiger partial charge in [0, 0.05) is 54.6 Å². The van der Waals surface area contributed by atoms with E-state index in [9.17, 15) is 33.4 Å². The quantitative estimate of drug-likeness (QED) is 0.144. The van der Waals surface area contributed by atoms with Crippen LogP contribution in [0.2, 0.25) is 0 Å². The molecular weight excluding hydrogens is 608 g/mol. The predicted molar refractivity (Wildman–Crippen MR) is 176 cm³/mol. The highest BCUT2D eigenvalue weighted by atomic mass is 19.1. The van der Waals surface area contributed by atoms with Gasteiger partial charge in [-0.25, -0.2) is 8.78 Å². The molecule has 4 aromatic rings. The van der Waals surface area contributed by atoms with E-state index in [4.69, 9.17) is 5.11 Å². The Morgan fingerprint density at radius 2 is 1.38 bits per heavy atom. The van der Waals surface area contributed by atoms with Crippen molar-refractivity contribution in [3.05, 3.63) is 107 Å². The Morgan fingerprint density at radius 3 is 1.87 bits per heavy atom. The maximum Gasteiger partial charge on any atom is 0.305 e. The smallest absolute Gasteiger partial charge is 0.305 e. The second-order valence-corrected chi connectivity index (χ2v) is 11.6. The monoisotopic (exact) mass is 645 g/mol. The fourth-order valence-corrected chi connectivity index (χ4v) is 5.33. The Balaban J connectivity index is 1.93. The number of nitrogens with one attached hydrogen (secondary N) is 1. The molecule has 0 aliphatic heterocycles. The summed E-state index contributed by atoms with van der Waals surface area (Å²) < 4.78 is 30.0. The number of carboxylic acid groups (broad SMARTS) is 1. The third-order valence-electron chi connectivity index (χ3n) is 7.44. The maximum absolute atomic E-state index is 14.3. The van der Waals surface area contributed by atoms with E-state index in [2.05, 4.69) is 5.32 Å². The third-order valence-corrected chi connectivity index (χ3v) is 7.44. The van der Waals surface area contributed by atoms with Crippen molar-refractivity contribution >= 4 is 29.5 Å². The highest BCUT2D eigenvalue weighted by molar-refractivity contribution is 6.12. The van der Waals surface area contributed by atoms with E-state index in [1.807, 2.05) is 13.8 Å². The number of carbonyl (C=O) groups is 3. The van der Waals surface area contributed by atoms with Crippen LogP contribution in [0.25, 0.3) is 28.3 Å². The molecular formula is C36H37F2N3O6. The van der Waals surface area contributed by atoms with Crippen molar-refractivity contribution in [2.45, 2.75) is 44.9 Å². The van der Waals surface area contributed by atoms with Crippen molar-refractivity contribution in [2.24, 2.45) is 0 Å². The van der Waals surface area contributed by atoms with Gasteiger partial charge in [-0.05, 0) is 79.6 Å². The SMILES string of the molecule is CC(C)n1c(/C=C/C(O)CC(O)CC(=O)O)c(-c2ccc(F)cc2)c(-c2ccc(F)cc2)c1C(=O)Nc1ccc(C(=O)N(C)C)cc1. The normalized spacial score (nSPS) is 12.7. The van der Waals surface area contributed by atoms with Crippen LogP contribution in [0, 0.1) is 11.6 Å². The Hall–Kier alpha value is -5.13. The molecule has 1 heterocycles. The first-order chi connectivity index (χ1) is 22.3. The van der Waals surface area contributed by atoms with Crippen LogP contribution in [0.5, 0.6) is 0 Å². The van der Waals surface area contributed by atoms with Gasteiger partial charge in [-0.15, -0.1) is 0 Å². The third kappa shape index (κ3) is 8.37. The van der Waals surface area contributed by atoms with E-state index in [1.165, 1.54) is 47.4 Å². The Kier molecular flexibility index (Phi) is 11.1. The summed E-state index contributed by atoms with van der Waals surface area (Å²) in [6, 6.07) is 17.3. The van der Waals surface area contributed by atoms with Crippen LogP contribution in [-0.4, -0.2) is 68.9 Å². The van der Waals surface area contributed by atoms with Gasteiger partial charge in [0.25, 0.3) is 11.8 Å². The zero-order valence-electron chi connectivity index (χ0n) is 26.4. The lowest BCUT2D eigenvalue weighted by atomic mass is 9.94. The second kappa shape index (κ2) is 15.0. The molecule has 1 aromatic heterocycles. The molecule has 0 fully saturated rings. The van der Waals surface area contributed by atoms with Gasteiger partial charge >= 0.3 is 5.97 Å². The lowest BCUT2D eigenvalue weighted by molar-refractivity contribution is -0.139. The molecule has 246 valence electrons. The number of aliphatic hydroxyl groups is 2. The van der Waals surface area contributed by atoms with E-state index in [0.717, 1.165) is 0 Å². The number of nitrogens with zero attached hydrogens (tertiary/aromatic N) is 2. The summed E-state index contributed by atoms with van der Waals surface area (Å²) in [7, 11) is 3.27. The lowest BCUT2D eigenvalue weighted by Crippen LogP contribution is -2.22. The Labute approximate surface area is 271 Å². The molecule has 11 heteroatoms. The highest BCUT2D eigenvalue weighted by Gasteiger charge is 2.30. The largest absolute Gasteiger partial charge is 0.481 e. The number of rotatable bonds is 12. The minimum absolute atomic E-state index is 0.194. The van der Waals surface area contributed by atoms with E-state index in [-0.39, 0.29) is 24.1 Å². The summed E-state index contributed by atoms with van der Waals surface area (Å²) in [5, 5.41) is 32.7. The van der Waals surface area contributed by atoms with Gasteiger partial charge in [0.1, 0.15) is 17.3 Å². The van der Waals surface area contributed by atoms with Gasteiger partial charge in [0.05, 0.1) is 18.6 Å². The van der Waals surface area contributed by atoms with Crippen LogP contribution in [0.15, 0.2) is 78.9 Å². The van der Waals surface area contributed by atoms with Crippen LogP contribution in [0.1, 0.15) is 59.3 Å². The van der Waals surface area contributed by atoms with Gasteiger partial charge in [-0.2, -0.15) is 0 Å². The number of aromatic nitrogens is 1. The minimum Gasteiger partial charge on any atom is -0.481 e. The van der Waals surface area contributed by atoms with E-state index in [1.54, 1.807) is 61.1 Å². The number of carbonyl (C=O) groups excluding carboxylic acids is 2. The molecule has 47 heavy (non-hydrogen) atoms. The number of benzene rings is 3. The Morgan fingerprint density at radius 1 is 0.851 bits per heavy atom. The van der Waals surface area contributed by atoms with Gasteiger partial charge in [-0.3, -0.25) is 14.4 Å². The number of carboxylic acids is 1. The first-order valence-corrected chi connectivity index (χ1v) is 15.0. The zero-order chi connectivity index (χ0) is 34.4. The topological polar surface area (TPSA) is 132 Å². The number of aliphatic hydroxyl groups excluding tert-OH is 2. The molecule has 0 saturated heterocycles. The number of halogens is 2. The molecule has 4 N–H and O–H groups in total. The molecule has 0 spiro atoms. The van der Waals surface area contributed by atoms with Gasteiger partial charge in [0.2, 0.25) is 0 Å². The average molecular weight is 646 g/mol. The molecule has 4 rings (SSSR count). The van der Waals surface area contributed by atoms with E-state index >= 15 is 0 Å². The minimum atomic E-state index is -1.30. The second-order valence-electron chi connectivity index (χ2n) is 11.6. The molecule has 0 radical (unpaired) electrons. The Bertz CT molecular complexity index is 1760. The van der Waals surface area contributed by atoms with Crippen LogP contribution in [-0.2, 0) is 4.79 Å². The van der Waals surface area contributed by atoms with Gasteiger partial charge in [-0.1, -0.05) is 30.3 Å². The summed E-state index contributed by atoms with van der Waals surface area (Å²) >= 11 is 0. The summed E-state index contributed by atoms with van der Waals surface area (Å²) in [4.78, 5) is 39.1. The first kappa shape index (κ1) is 34.7. The standard InChI is InChI=1S/C36H37F2N3O6/c1-21(2)41-30(18-17-28(42)19-29(43)20-31(44)45)32(22-5-11-25(37)12-6-22)33(23-7-13-26(38)14-8-23)34(41)35(46)39-27-15-9-24(10-16-27)36(47)40(3)4/h5-18,21,28-29,42-43H,19-20H2,1-4H3,(H,39,46)(H,44,45)/b18-17+. The predicted octanol–water partition coefficient (Wildman–Crippen LogP) is 6.24. The molecule has 0 aliphatic carbocycles. The fraction of sp³-hybridized carbons (Fsp3) is 0.250. The summed E-state index contributed by atoms with van der Waals surface area (Å²) in [6.45, 7) is 3.71. The summed E-state index contributed by atoms with van der Waals surface area (Å²) in [5.74, 6) is -2.89. The van der Waals surface area contributed by atoms with Crippen LogP contribution in [0.4, 0.5) is 14.5 Å². The van der Waals surface area contributed by atoms with Crippen molar-refractivity contribution in [2.75, 3.05) is 19.4 Å². The van der Waals surface area contributed by atoms with Crippen molar-refractivity contribution in [1.29, 1.82) is 0 Å². The van der Waals surface area contributed by atoms with Crippen LogP contribution < -0.4 is 5.32 Å². The molecule has 2 atom stereocenters. The first-order valence-electron chi connectivity index (χ1n) is 15.0. The molecule has 0 bridgehead atoms. The molecule has 2 unspecified atom stereocenters. The number of amides is 2. The summed E-state index contributed by atoms with van der Waals surface area (Å²) in [6.07, 6.45) is -0.364. The summed E-state index contributed by atoms with van der Waals surface area (Å²) in [5.41, 5.74) is 3.44. The van der Waals surface area contributed by atoms with Gasteiger partial charge < -0.3 is 30.1 Å². The molecule has 9 nitrogen and oxygen atoms in total. The fourth-order valence-electron chi connectivity index (χ4n) is 5.33. The lowest BCUT2D eigenvalue weighted by Gasteiger charge is -2.17. The van der Waals surface area contributed by atoms with Crippen molar-refractivity contribution in [1.82, 2.24) is 9.47 Å². The van der Waals surface area contributed by atoms with E-state index < -0.39 is 42.1 Å². The molecule has 3 aromatic carbocycles. The highest BCUT2D eigenvalue weighted by Crippen LogP contribution is 2.43. The van der Waals surface area contributed by atoms with E-state index in [0.29, 0.717) is 39.2 Å². The van der Waals surface area contributed by atoms with Crippen molar-refractivity contribution in [3.63, 3.8) is 0 Å². The number of hydrogen-bond acceptors (Lipinski definition) is 5. The molecule has 0 aliphatic rings. The molecule has 0 saturated carbocycles. The average Bonchev–Trinajstić information content (AvgIpc) is 3.36. The molecule has 2 amide bonds. The van der Waals surface area contributed by atoms with Crippen molar-refractivity contribution in [3.8, 4) is 22.3 Å². The van der Waals surface area contributed by atoms with Crippen LogP contribution in [0.3, 0.4) is 0 Å². The maximum atomic E-state index is 14.3. The number of anilines is 1. The van der Waals surface area contributed by atoms with Gasteiger partial charge in [0.15, 0.2) is 0 Å².